The molecule has 16 heavy (non-hydrogen) atoms. The van der Waals surface area contributed by atoms with Gasteiger partial charge in [-0.05, 0) is 38.1 Å². The van der Waals surface area contributed by atoms with Crippen LogP contribution in [-0.2, 0) is 4.79 Å². The number of anilines is 1. The van der Waals surface area contributed by atoms with Gasteiger partial charge in [0.1, 0.15) is 5.75 Å². The maximum absolute atomic E-state index is 11.4. The minimum absolute atomic E-state index is 0.00779. The van der Waals surface area contributed by atoms with Crippen molar-refractivity contribution >= 4 is 11.6 Å². The van der Waals surface area contributed by atoms with Gasteiger partial charge in [-0.15, -0.1) is 0 Å². The van der Waals surface area contributed by atoms with Crippen LogP contribution in [0.5, 0.6) is 5.75 Å². The lowest BCUT2D eigenvalue weighted by atomic mass is 10.2. The normalized spacial score (nSPS) is 10.6. The maximum atomic E-state index is 11.4. The standard InChI is InChI=1S/C13H19NO2/c1-9(2)13(15)14-11-5-7-12(8-6-11)16-10(3)4/h5-10H,1-4H3,(H,14,15). The van der Waals surface area contributed by atoms with E-state index in [0.717, 1.165) is 11.4 Å². The van der Waals surface area contributed by atoms with Crippen LogP contribution >= 0.6 is 0 Å². The topological polar surface area (TPSA) is 38.3 Å². The van der Waals surface area contributed by atoms with Crippen LogP contribution in [0, 0.1) is 5.92 Å². The van der Waals surface area contributed by atoms with Crippen molar-refractivity contribution in [2.75, 3.05) is 5.32 Å². The molecule has 1 amide bonds. The first-order chi connectivity index (χ1) is 7.49. The molecule has 0 aliphatic heterocycles. The molecule has 1 aromatic rings. The summed E-state index contributed by atoms with van der Waals surface area (Å²) in [5.41, 5.74) is 0.801. The molecule has 1 rings (SSSR count). The average Bonchev–Trinajstić information content (AvgIpc) is 2.20. The van der Waals surface area contributed by atoms with E-state index in [1.54, 1.807) is 0 Å². The van der Waals surface area contributed by atoms with Gasteiger partial charge in [-0.1, -0.05) is 13.8 Å². The third kappa shape index (κ3) is 3.93. The van der Waals surface area contributed by atoms with E-state index in [2.05, 4.69) is 5.32 Å². The second kappa shape index (κ2) is 5.54. The molecule has 0 spiro atoms. The molecule has 0 bridgehead atoms. The van der Waals surface area contributed by atoms with E-state index in [9.17, 15) is 4.79 Å². The predicted molar refractivity (Wildman–Crippen MR) is 65.7 cm³/mol. The van der Waals surface area contributed by atoms with E-state index in [1.807, 2.05) is 52.0 Å². The average molecular weight is 221 g/mol. The number of nitrogens with one attached hydrogen (secondary N) is 1. The Bertz CT molecular complexity index is 341. The molecule has 0 heterocycles. The van der Waals surface area contributed by atoms with Crippen molar-refractivity contribution in [3.63, 3.8) is 0 Å². The number of benzene rings is 1. The van der Waals surface area contributed by atoms with Crippen LogP contribution in [0.2, 0.25) is 0 Å². The van der Waals surface area contributed by atoms with Crippen molar-refractivity contribution in [2.45, 2.75) is 33.8 Å². The lowest BCUT2D eigenvalue weighted by molar-refractivity contribution is -0.118. The Morgan fingerprint density at radius 1 is 1.12 bits per heavy atom. The van der Waals surface area contributed by atoms with Crippen LogP contribution < -0.4 is 10.1 Å². The summed E-state index contributed by atoms with van der Waals surface area (Å²) in [4.78, 5) is 11.4. The summed E-state index contributed by atoms with van der Waals surface area (Å²) >= 11 is 0. The van der Waals surface area contributed by atoms with Crippen molar-refractivity contribution in [3.8, 4) is 5.75 Å². The molecule has 0 unspecified atom stereocenters. The van der Waals surface area contributed by atoms with E-state index in [-0.39, 0.29) is 17.9 Å². The largest absolute Gasteiger partial charge is 0.491 e. The highest BCUT2D eigenvalue weighted by Crippen LogP contribution is 2.17. The first kappa shape index (κ1) is 12.6. The van der Waals surface area contributed by atoms with Crippen LogP contribution in [0.15, 0.2) is 24.3 Å². The summed E-state index contributed by atoms with van der Waals surface area (Å²) in [7, 11) is 0. The molecular formula is C13H19NO2. The number of carbonyl (C=O) groups is 1. The van der Waals surface area contributed by atoms with Gasteiger partial charge in [-0.2, -0.15) is 0 Å². The summed E-state index contributed by atoms with van der Waals surface area (Å²) in [5.74, 6) is 0.835. The van der Waals surface area contributed by atoms with Gasteiger partial charge in [0.15, 0.2) is 0 Å². The van der Waals surface area contributed by atoms with E-state index < -0.39 is 0 Å². The van der Waals surface area contributed by atoms with E-state index in [0.29, 0.717) is 0 Å². The quantitative estimate of drug-likeness (QED) is 0.848. The number of amides is 1. The lowest BCUT2D eigenvalue weighted by Gasteiger charge is -2.11. The molecule has 3 nitrogen and oxygen atoms in total. The van der Waals surface area contributed by atoms with Crippen LogP contribution in [0.1, 0.15) is 27.7 Å². The maximum Gasteiger partial charge on any atom is 0.226 e. The SMILES string of the molecule is CC(C)Oc1ccc(NC(=O)C(C)C)cc1. The Balaban J connectivity index is 2.61. The smallest absolute Gasteiger partial charge is 0.226 e. The number of hydrogen-bond donors (Lipinski definition) is 1. The molecule has 0 aliphatic rings. The molecule has 0 saturated heterocycles. The zero-order chi connectivity index (χ0) is 12.1. The number of rotatable bonds is 4. The highest BCUT2D eigenvalue weighted by atomic mass is 16.5. The second-order valence-electron chi connectivity index (χ2n) is 4.33. The summed E-state index contributed by atoms with van der Waals surface area (Å²) in [6.07, 6.45) is 0.163. The van der Waals surface area contributed by atoms with E-state index in [1.165, 1.54) is 0 Å². The molecule has 0 aromatic heterocycles. The highest BCUT2D eigenvalue weighted by molar-refractivity contribution is 5.92. The third-order valence-electron chi connectivity index (χ3n) is 2.02. The lowest BCUT2D eigenvalue weighted by Crippen LogP contribution is -2.17. The van der Waals surface area contributed by atoms with Gasteiger partial charge < -0.3 is 10.1 Å². The van der Waals surface area contributed by atoms with Gasteiger partial charge >= 0.3 is 0 Å². The van der Waals surface area contributed by atoms with Gasteiger partial charge in [0.25, 0.3) is 0 Å². The van der Waals surface area contributed by atoms with Crippen LogP contribution in [-0.4, -0.2) is 12.0 Å². The molecule has 3 heteroatoms. The minimum atomic E-state index is -0.00779. The van der Waals surface area contributed by atoms with E-state index >= 15 is 0 Å². The number of hydrogen-bond acceptors (Lipinski definition) is 2. The number of carbonyl (C=O) groups excluding carboxylic acids is 1. The molecule has 0 atom stereocenters. The molecule has 0 aliphatic carbocycles. The first-order valence-corrected chi connectivity index (χ1v) is 5.56. The second-order valence-corrected chi connectivity index (χ2v) is 4.33. The van der Waals surface area contributed by atoms with Crippen LogP contribution in [0.3, 0.4) is 0 Å². The zero-order valence-electron chi connectivity index (χ0n) is 10.3. The Morgan fingerprint density at radius 2 is 1.69 bits per heavy atom. The molecule has 1 aromatic carbocycles. The predicted octanol–water partition coefficient (Wildman–Crippen LogP) is 3.07. The van der Waals surface area contributed by atoms with Crippen molar-refractivity contribution < 1.29 is 9.53 Å². The fourth-order valence-electron chi connectivity index (χ4n) is 1.18. The summed E-state index contributed by atoms with van der Waals surface area (Å²) in [6.45, 7) is 7.69. The van der Waals surface area contributed by atoms with Crippen molar-refractivity contribution in [2.24, 2.45) is 5.92 Å². The molecular weight excluding hydrogens is 202 g/mol. The van der Waals surface area contributed by atoms with Gasteiger partial charge in [0, 0.05) is 11.6 Å². The summed E-state index contributed by atoms with van der Waals surface area (Å²) in [5, 5.41) is 2.83. The fourth-order valence-corrected chi connectivity index (χ4v) is 1.18. The Kier molecular flexibility index (Phi) is 4.35. The van der Waals surface area contributed by atoms with Crippen LogP contribution in [0.25, 0.3) is 0 Å². The third-order valence-corrected chi connectivity index (χ3v) is 2.02. The van der Waals surface area contributed by atoms with Gasteiger partial charge in [-0.3, -0.25) is 4.79 Å². The fraction of sp³-hybridized carbons (Fsp3) is 0.462. The van der Waals surface area contributed by atoms with Crippen molar-refractivity contribution in [3.05, 3.63) is 24.3 Å². The molecule has 88 valence electrons. The molecule has 0 saturated carbocycles. The monoisotopic (exact) mass is 221 g/mol. The van der Waals surface area contributed by atoms with E-state index in [4.69, 9.17) is 4.74 Å². The Morgan fingerprint density at radius 3 is 2.12 bits per heavy atom. The highest BCUT2D eigenvalue weighted by Gasteiger charge is 2.06. The number of ether oxygens (including phenoxy) is 1. The summed E-state index contributed by atoms with van der Waals surface area (Å²) < 4.78 is 5.51. The molecule has 1 N–H and O–H groups in total. The van der Waals surface area contributed by atoms with Gasteiger partial charge in [-0.25, -0.2) is 0 Å². The zero-order valence-corrected chi connectivity index (χ0v) is 10.3. The molecule has 0 fully saturated rings. The summed E-state index contributed by atoms with van der Waals surface area (Å²) in [6, 6.07) is 7.40. The minimum Gasteiger partial charge on any atom is -0.491 e. The first-order valence-electron chi connectivity index (χ1n) is 5.56. The Hall–Kier alpha value is -1.51. The molecule has 0 radical (unpaired) electrons. The Labute approximate surface area is 96.8 Å². The van der Waals surface area contributed by atoms with Crippen molar-refractivity contribution in [1.29, 1.82) is 0 Å². The van der Waals surface area contributed by atoms with Gasteiger partial charge in [0.05, 0.1) is 6.10 Å². The van der Waals surface area contributed by atoms with Crippen LogP contribution in [0.4, 0.5) is 5.69 Å². The van der Waals surface area contributed by atoms with Gasteiger partial charge in [0.2, 0.25) is 5.91 Å². The van der Waals surface area contributed by atoms with Crippen molar-refractivity contribution in [1.82, 2.24) is 0 Å².